The number of nitriles is 1. The monoisotopic (exact) mass is 332 g/mol. The van der Waals surface area contributed by atoms with Crippen molar-refractivity contribution in [1.29, 1.82) is 5.26 Å². The maximum Gasteiger partial charge on any atom is 0.266 e. The van der Waals surface area contributed by atoms with Crippen LogP contribution in [0.3, 0.4) is 0 Å². The number of H-pyrrole nitrogens is 1. The zero-order valence-corrected chi connectivity index (χ0v) is 14.3. The van der Waals surface area contributed by atoms with Gasteiger partial charge >= 0.3 is 0 Å². The Bertz CT molecular complexity index is 684. The van der Waals surface area contributed by atoms with Crippen molar-refractivity contribution in [2.45, 2.75) is 26.7 Å². The number of hydrogen-bond acceptors (Lipinski definition) is 5. The summed E-state index contributed by atoms with van der Waals surface area (Å²) in [5.41, 5.74) is 2.02. The van der Waals surface area contributed by atoms with Gasteiger partial charge in [0.1, 0.15) is 11.6 Å². The third kappa shape index (κ3) is 4.66. The van der Waals surface area contributed by atoms with E-state index in [1.54, 1.807) is 13.8 Å². The first-order valence-corrected chi connectivity index (χ1v) is 8.22. The Kier molecular flexibility index (Phi) is 6.53. The van der Waals surface area contributed by atoms with Crippen LogP contribution in [0.1, 0.15) is 28.8 Å². The molecule has 0 aliphatic carbocycles. The number of aromatic nitrogens is 1. The van der Waals surface area contributed by atoms with Gasteiger partial charge < -0.3 is 15.0 Å². The van der Waals surface area contributed by atoms with E-state index in [4.69, 9.17) is 10.00 Å². The van der Waals surface area contributed by atoms with Gasteiger partial charge in [-0.3, -0.25) is 14.5 Å². The van der Waals surface area contributed by atoms with Crippen LogP contribution in [0.25, 0.3) is 0 Å². The Labute approximate surface area is 141 Å². The van der Waals surface area contributed by atoms with Gasteiger partial charge in [-0.05, 0) is 31.4 Å². The Balaban J connectivity index is 1.83. The van der Waals surface area contributed by atoms with Crippen LogP contribution in [-0.4, -0.2) is 55.2 Å². The van der Waals surface area contributed by atoms with Crippen LogP contribution in [0.2, 0.25) is 0 Å². The molecule has 1 aliphatic rings. The van der Waals surface area contributed by atoms with E-state index in [0.717, 1.165) is 44.1 Å². The lowest BCUT2D eigenvalue weighted by molar-refractivity contribution is -0.121. The fourth-order valence-electron chi connectivity index (χ4n) is 2.93. The number of aromatic amines is 1. The maximum absolute atomic E-state index is 12.0. The Morgan fingerprint density at radius 1 is 1.38 bits per heavy atom. The minimum Gasteiger partial charge on any atom is -0.379 e. The van der Waals surface area contributed by atoms with Crippen molar-refractivity contribution in [3.8, 4) is 6.07 Å². The molecule has 0 atom stereocenters. The van der Waals surface area contributed by atoms with Crippen LogP contribution in [-0.2, 0) is 16.0 Å². The van der Waals surface area contributed by atoms with Gasteiger partial charge in [0.2, 0.25) is 5.91 Å². The summed E-state index contributed by atoms with van der Waals surface area (Å²) >= 11 is 0. The zero-order chi connectivity index (χ0) is 17.5. The molecule has 0 bridgehead atoms. The van der Waals surface area contributed by atoms with E-state index in [-0.39, 0.29) is 17.0 Å². The first kappa shape index (κ1) is 18.2. The second-order valence-electron chi connectivity index (χ2n) is 5.97. The molecule has 7 nitrogen and oxygen atoms in total. The van der Waals surface area contributed by atoms with Crippen LogP contribution >= 0.6 is 0 Å². The van der Waals surface area contributed by atoms with Crippen molar-refractivity contribution in [2.75, 3.05) is 39.4 Å². The Morgan fingerprint density at radius 3 is 2.75 bits per heavy atom. The number of ether oxygens (including phenoxy) is 1. The molecule has 24 heavy (non-hydrogen) atoms. The molecule has 2 heterocycles. The molecular weight excluding hydrogens is 308 g/mol. The zero-order valence-electron chi connectivity index (χ0n) is 14.3. The molecule has 1 saturated heterocycles. The first-order chi connectivity index (χ1) is 11.5. The normalized spacial score (nSPS) is 15.0. The van der Waals surface area contributed by atoms with E-state index in [0.29, 0.717) is 24.9 Å². The number of pyridine rings is 1. The number of amides is 1. The lowest BCUT2D eigenvalue weighted by atomic mass is 9.99. The van der Waals surface area contributed by atoms with E-state index >= 15 is 0 Å². The van der Waals surface area contributed by atoms with E-state index in [9.17, 15) is 9.59 Å². The predicted octanol–water partition coefficient (Wildman–Crippen LogP) is 0.244. The SMILES string of the molecule is Cc1[nH]c(=O)c(C#N)c(C)c1CCC(=O)NCCN1CCOCC1. The summed E-state index contributed by atoms with van der Waals surface area (Å²) in [6.45, 7) is 8.30. The molecule has 0 saturated carbocycles. The molecule has 0 radical (unpaired) electrons. The van der Waals surface area contributed by atoms with Crippen LogP contribution in [0, 0.1) is 25.2 Å². The van der Waals surface area contributed by atoms with Crippen molar-refractivity contribution >= 4 is 5.91 Å². The molecule has 130 valence electrons. The topological polar surface area (TPSA) is 98.2 Å². The number of nitrogens with one attached hydrogen (secondary N) is 2. The first-order valence-electron chi connectivity index (χ1n) is 8.22. The highest BCUT2D eigenvalue weighted by Crippen LogP contribution is 2.14. The Morgan fingerprint density at radius 2 is 2.08 bits per heavy atom. The average molecular weight is 332 g/mol. The quantitative estimate of drug-likeness (QED) is 0.778. The molecule has 1 amide bonds. The summed E-state index contributed by atoms with van der Waals surface area (Å²) in [5, 5.41) is 12.0. The average Bonchev–Trinajstić information content (AvgIpc) is 2.55. The van der Waals surface area contributed by atoms with Crippen molar-refractivity contribution in [3.63, 3.8) is 0 Å². The fraction of sp³-hybridized carbons (Fsp3) is 0.588. The molecular formula is C17H24N4O3. The molecule has 2 rings (SSSR count). The number of rotatable bonds is 6. The molecule has 1 fully saturated rings. The maximum atomic E-state index is 12.0. The predicted molar refractivity (Wildman–Crippen MR) is 89.8 cm³/mol. The summed E-state index contributed by atoms with van der Waals surface area (Å²) in [5.74, 6) is -0.0215. The second-order valence-corrected chi connectivity index (χ2v) is 5.97. The molecule has 0 unspecified atom stereocenters. The number of morpholine rings is 1. The van der Waals surface area contributed by atoms with E-state index in [1.165, 1.54) is 0 Å². The number of carbonyl (C=O) groups is 1. The van der Waals surface area contributed by atoms with Gasteiger partial charge in [-0.1, -0.05) is 0 Å². The van der Waals surface area contributed by atoms with Crippen LogP contribution < -0.4 is 10.9 Å². The van der Waals surface area contributed by atoms with Crippen LogP contribution in [0.5, 0.6) is 0 Å². The smallest absolute Gasteiger partial charge is 0.266 e. The van der Waals surface area contributed by atoms with Crippen molar-refractivity contribution in [2.24, 2.45) is 0 Å². The van der Waals surface area contributed by atoms with Crippen molar-refractivity contribution in [1.82, 2.24) is 15.2 Å². The molecule has 2 N–H and O–H groups in total. The van der Waals surface area contributed by atoms with Gasteiger partial charge in [0.25, 0.3) is 5.56 Å². The van der Waals surface area contributed by atoms with Gasteiger partial charge in [0, 0.05) is 38.3 Å². The molecule has 1 aromatic heterocycles. The third-order valence-corrected chi connectivity index (χ3v) is 4.38. The van der Waals surface area contributed by atoms with Crippen LogP contribution in [0.15, 0.2) is 4.79 Å². The largest absolute Gasteiger partial charge is 0.379 e. The van der Waals surface area contributed by atoms with Gasteiger partial charge in [-0.15, -0.1) is 0 Å². The number of carbonyl (C=O) groups excluding carboxylic acids is 1. The van der Waals surface area contributed by atoms with E-state index in [1.807, 2.05) is 6.07 Å². The molecule has 0 aromatic carbocycles. The minimum atomic E-state index is -0.369. The summed E-state index contributed by atoms with van der Waals surface area (Å²) in [6.07, 6.45) is 0.841. The molecule has 7 heteroatoms. The molecule has 0 spiro atoms. The number of hydrogen-bond donors (Lipinski definition) is 2. The van der Waals surface area contributed by atoms with Gasteiger partial charge in [0.05, 0.1) is 13.2 Å². The minimum absolute atomic E-state index is 0.0215. The Hall–Kier alpha value is -2.17. The number of aryl methyl sites for hydroxylation is 1. The molecule has 1 aromatic rings. The van der Waals surface area contributed by atoms with E-state index in [2.05, 4.69) is 15.2 Å². The number of nitrogens with zero attached hydrogens (tertiary/aromatic N) is 2. The van der Waals surface area contributed by atoms with Gasteiger partial charge in [-0.25, -0.2) is 0 Å². The van der Waals surface area contributed by atoms with Crippen molar-refractivity contribution < 1.29 is 9.53 Å². The lowest BCUT2D eigenvalue weighted by Gasteiger charge is -2.26. The van der Waals surface area contributed by atoms with Gasteiger partial charge in [0.15, 0.2) is 0 Å². The lowest BCUT2D eigenvalue weighted by Crippen LogP contribution is -2.41. The highest BCUT2D eigenvalue weighted by Gasteiger charge is 2.14. The second kappa shape index (κ2) is 8.62. The summed E-state index contributed by atoms with van der Waals surface area (Å²) in [4.78, 5) is 28.7. The summed E-state index contributed by atoms with van der Waals surface area (Å²) in [6, 6.07) is 1.93. The standard InChI is InChI=1S/C17H24N4O3/c1-12-14(13(2)20-17(23)15(12)11-18)3-4-16(22)19-5-6-21-7-9-24-10-8-21/h3-10H2,1-2H3,(H,19,22)(H,20,23). The van der Waals surface area contributed by atoms with Crippen molar-refractivity contribution in [3.05, 3.63) is 32.7 Å². The summed E-state index contributed by atoms with van der Waals surface area (Å²) in [7, 11) is 0. The fourth-order valence-corrected chi connectivity index (χ4v) is 2.93. The highest BCUT2D eigenvalue weighted by molar-refractivity contribution is 5.76. The highest BCUT2D eigenvalue weighted by atomic mass is 16.5. The van der Waals surface area contributed by atoms with Gasteiger partial charge in [-0.2, -0.15) is 5.26 Å². The summed E-state index contributed by atoms with van der Waals surface area (Å²) < 4.78 is 5.29. The van der Waals surface area contributed by atoms with E-state index < -0.39 is 0 Å². The third-order valence-electron chi connectivity index (χ3n) is 4.38. The van der Waals surface area contributed by atoms with Crippen LogP contribution in [0.4, 0.5) is 0 Å². The molecule has 1 aliphatic heterocycles.